The van der Waals surface area contributed by atoms with E-state index in [1.165, 1.54) is 19.3 Å². The highest BCUT2D eigenvalue weighted by atomic mass is 15.0. The fourth-order valence-corrected chi connectivity index (χ4v) is 0.754. The standard InChI is InChI=1S/C7H16N2/c1-3-4-5-6-7(2)9-8/h7-8H,3-6H2,1-2H3. The maximum atomic E-state index is 6.67. The molecule has 1 unspecified atom stereocenters. The van der Waals surface area contributed by atoms with Gasteiger partial charge in [0.05, 0.1) is 6.04 Å². The summed E-state index contributed by atoms with van der Waals surface area (Å²) in [5.41, 5.74) is 6.67. The average Bonchev–Trinajstić information content (AvgIpc) is 1.89. The normalized spacial score (nSPS) is 13.1. The zero-order valence-corrected chi connectivity index (χ0v) is 6.35. The minimum absolute atomic E-state index is 0.247. The molecule has 0 aliphatic heterocycles. The Labute approximate surface area is 57.2 Å². The molecule has 0 rings (SSSR count). The monoisotopic (exact) mass is 128 g/mol. The van der Waals surface area contributed by atoms with Crippen molar-refractivity contribution in [1.82, 2.24) is 0 Å². The van der Waals surface area contributed by atoms with E-state index in [0.29, 0.717) is 0 Å². The van der Waals surface area contributed by atoms with E-state index >= 15 is 0 Å². The second kappa shape index (κ2) is 5.73. The van der Waals surface area contributed by atoms with Gasteiger partial charge in [0.25, 0.3) is 0 Å². The minimum atomic E-state index is 0.247. The van der Waals surface area contributed by atoms with Gasteiger partial charge in [-0.15, -0.1) is 0 Å². The summed E-state index contributed by atoms with van der Waals surface area (Å²) in [6, 6.07) is 0.247. The van der Waals surface area contributed by atoms with Crippen LogP contribution in [0.25, 0.3) is 0 Å². The molecule has 1 N–H and O–H groups in total. The van der Waals surface area contributed by atoms with Crippen molar-refractivity contribution in [2.75, 3.05) is 0 Å². The first-order chi connectivity index (χ1) is 4.31. The van der Waals surface area contributed by atoms with Crippen LogP contribution in [0.2, 0.25) is 0 Å². The van der Waals surface area contributed by atoms with Crippen molar-refractivity contribution < 1.29 is 0 Å². The van der Waals surface area contributed by atoms with E-state index < -0.39 is 0 Å². The fraction of sp³-hybridized carbons (Fsp3) is 1.00. The Morgan fingerprint density at radius 2 is 2.11 bits per heavy atom. The maximum Gasteiger partial charge on any atom is 0.0677 e. The molecule has 0 heterocycles. The molecule has 9 heavy (non-hydrogen) atoms. The molecule has 0 aromatic carbocycles. The van der Waals surface area contributed by atoms with E-state index in [9.17, 15) is 0 Å². The summed E-state index contributed by atoms with van der Waals surface area (Å²) in [6.45, 7) is 4.17. The Kier molecular flexibility index (Phi) is 5.48. The zero-order valence-electron chi connectivity index (χ0n) is 6.35. The SMILES string of the molecule is CCCCCC(C)N=N. The van der Waals surface area contributed by atoms with Crippen LogP contribution in [0.1, 0.15) is 39.5 Å². The molecule has 0 fully saturated rings. The minimum Gasteiger partial charge on any atom is -0.210 e. The quantitative estimate of drug-likeness (QED) is 0.436. The van der Waals surface area contributed by atoms with Crippen molar-refractivity contribution in [3.63, 3.8) is 0 Å². The Morgan fingerprint density at radius 1 is 1.44 bits per heavy atom. The first-order valence-electron chi connectivity index (χ1n) is 3.67. The van der Waals surface area contributed by atoms with Crippen LogP contribution in [0.4, 0.5) is 0 Å². The van der Waals surface area contributed by atoms with Gasteiger partial charge >= 0.3 is 0 Å². The number of hydrogen-bond acceptors (Lipinski definition) is 2. The lowest BCUT2D eigenvalue weighted by atomic mass is 10.1. The molecule has 0 aliphatic carbocycles. The predicted molar refractivity (Wildman–Crippen MR) is 38.8 cm³/mol. The molecule has 0 saturated carbocycles. The van der Waals surface area contributed by atoms with Gasteiger partial charge in [-0.05, 0) is 13.3 Å². The van der Waals surface area contributed by atoms with Crippen LogP contribution in [-0.2, 0) is 0 Å². The molecule has 54 valence electrons. The maximum absolute atomic E-state index is 6.67. The molecule has 2 heteroatoms. The van der Waals surface area contributed by atoms with Gasteiger partial charge in [-0.2, -0.15) is 5.11 Å². The first kappa shape index (κ1) is 8.60. The molecular formula is C7H16N2. The third-order valence-electron chi connectivity index (χ3n) is 1.45. The highest BCUT2D eigenvalue weighted by Gasteiger charge is 1.95. The van der Waals surface area contributed by atoms with Gasteiger partial charge in [0.15, 0.2) is 0 Å². The van der Waals surface area contributed by atoms with E-state index in [1.807, 2.05) is 6.92 Å². The number of nitrogens with one attached hydrogen (secondary N) is 1. The number of hydrogen-bond donors (Lipinski definition) is 1. The van der Waals surface area contributed by atoms with E-state index in [2.05, 4.69) is 12.0 Å². The molecule has 0 spiro atoms. The third kappa shape index (κ3) is 5.47. The summed E-state index contributed by atoms with van der Waals surface area (Å²) in [4.78, 5) is 0. The molecule has 0 bridgehead atoms. The zero-order chi connectivity index (χ0) is 7.11. The van der Waals surface area contributed by atoms with Crippen molar-refractivity contribution in [1.29, 1.82) is 5.53 Å². The number of nitrogens with zero attached hydrogens (tertiary/aromatic N) is 1. The van der Waals surface area contributed by atoms with Crippen molar-refractivity contribution in [3.8, 4) is 0 Å². The molecule has 2 nitrogen and oxygen atoms in total. The van der Waals surface area contributed by atoms with E-state index in [-0.39, 0.29) is 6.04 Å². The van der Waals surface area contributed by atoms with Crippen LogP contribution in [0, 0.1) is 5.53 Å². The van der Waals surface area contributed by atoms with Crippen molar-refractivity contribution in [2.45, 2.75) is 45.6 Å². The van der Waals surface area contributed by atoms with Crippen LogP contribution in [0.15, 0.2) is 5.11 Å². The van der Waals surface area contributed by atoms with Crippen molar-refractivity contribution in [2.24, 2.45) is 5.11 Å². The molecule has 0 radical (unpaired) electrons. The van der Waals surface area contributed by atoms with Gasteiger partial charge in [0.2, 0.25) is 0 Å². The largest absolute Gasteiger partial charge is 0.210 e. The lowest BCUT2D eigenvalue weighted by Gasteiger charge is -2.00. The third-order valence-corrected chi connectivity index (χ3v) is 1.45. The van der Waals surface area contributed by atoms with Crippen LogP contribution < -0.4 is 0 Å². The summed E-state index contributed by atoms with van der Waals surface area (Å²) in [5.74, 6) is 0. The molecular weight excluding hydrogens is 112 g/mol. The van der Waals surface area contributed by atoms with Gasteiger partial charge in [0, 0.05) is 0 Å². The lowest BCUT2D eigenvalue weighted by molar-refractivity contribution is 0.567. The van der Waals surface area contributed by atoms with Crippen molar-refractivity contribution >= 4 is 0 Å². The Hall–Kier alpha value is -0.400. The van der Waals surface area contributed by atoms with Crippen LogP contribution in [0.3, 0.4) is 0 Å². The summed E-state index contributed by atoms with van der Waals surface area (Å²) in [6.07, 6.45) is 4.84. The van der Waals surface area contributed by atoms with Gasteiger partial charge in [-0.3, -0.25) is 0 Å². The predicted octanol–water partition coefficient (Wildman–Crippen LogP) is 2.99. The highest BCUT2D eigenvalue weighted by molar-refractivity contribution is 4.54. The van der Waals surface area contributed by atoms with Crippen LogP contribution in [0.5, 0.6) is 0 Å². The van der Waals surface area contributed by atoms with Crippen LogP contribution >= 0.6 is 0 Å². The highest BCUT2D eigenvalue weighted by Crippen LogP contribution is 2.04. The van der Waals surface area contributed by atoms with E-state index in [1.54, 1.807) is 0 Å². The summed E-state index contributed by atoms with van der Waals surface area (Å²) < 4.78 is 0. The lowest BCUT2D eigenvalue weighted by Crippen LogP contribution is -1.94. The molecule has 0 aromatic heterocycles. The first-order valence-corrected chi connectivity index (χ1v) is 3.67. The number of unbranched alkanes of at least 4 members (excludes halogenated alkanes) is 2. The molecule has 0 amide bonds. The van der Waals surface area contributed by atoms with Gasteiger partial charge < -0.3 is 0 Å². The summed E-state index contributed by atoms with van der Waals surface area (Å²) in [7, 11) is 0. The molecule has 1 atom stereocenters. The Morgan fingerprint density at radius 3 is 2.56 bits per heavy atom. The molecule has 0 aliphatic rings. The van der Waals surface area contributed by atoms with E-state index in [0.717, 1.165) is 6.42 Å². The summed E-state index contributed by atoms with van der Waals surface area (Å²) >= 11 is 0. The number of rotatable bonds is 5. The fourth-order valence-electron chi connectivity index (χ4n) is 0.754. The van der Waals surface area contributed by atoms with Crippen molar-refractivity contribution in [3.05, 3.63) is 0 Å². The van der Waals surface area contributed by atoms with E-state index in [4.69, 9.17) is 5.53 Å². The summed E-state index contributed by atoms with van der Waals surface area (Å²) in [5, 5.41) is 3.41. The van der Waals surface area contributed by atoms with Gasteiger partial charge in [0.1, 0.15) is 0 Å². The van der Waals surface area contributed by atoms with Gasteiger partial charge in [-0.25, -0.2) is 5.53 Å². The van der Waals surface area contributed by atoms with Crippen LogP contribution in [-0.4, -0.2) is 6.04 Å². The Balaban J connectivity index is 2.96. The smallest absolute Gasteiger partial charge is 0.0677 e. The topological polar surface area (TPSA) is 36.2 Å². The second-order valence-electron chi connectivity index (χ2n) is 2.47. The second-order valence-corrected chi connectivity index (χ2v) is 2.47. The average molecular weight is 128 g/mol. The Bertz CT molecular complexity index is 71.3. The molecule has 0 saturated heterocycles. The molecule has 0 aromatic rings. The van der Waals surface area contributed by atoms with Gasteiger partial charge in [-0.1, -0.05) is 26.2 Å².